The third-order valence-corrected chi connectivity index (χ3v) is 4.30. The molecule has 1 aromatic rings. The van der Waals surface area contributed by atoms with Gasteiger partial charge >= 0.3 is 0 Å². The van der Waals surface area contributed by atoms with Crippen molar-refractivity contribution in [1.82, 2.24) is 16.0 Å². The first kappa shape index (κ1) is 23.7. The van der Waals surface area contributed by atoms with Gasteiger partial charge in [-0.05, 0) is 37.1 Å². The highest BCUT2D eigenvalue weighted by Crippen LogP contribution is 2.27. The number of aliphatic hydroxyl groups is 1. The van der Waals surface area contributed by atoms with Crippen LogP contribution in [0.2, 0.25) is 10.0 Å². The zero-order chi connectivity index (χ0) is 21.3. The van der Waals surface area contributed by atoms with E-state index in [1.54, 1.807) is 31.2 Å². The van der Waals surface area contributed by atoms with Gasteiger partial charge in [0.15, 0.2) is 0 Å². The lowest BCUT2D eigenvalue weighted by atomic mass is 9.95. The third-order valence-electron chi connectivity index (χ3n) is 3.86. The van der Waals surface area contributed by atoms with Gasteiger partial charge in [-0.2, -0.15) is 5.26 Å². The summed E-state index contributed by atoms with van der Waals surface area (Å²) < 4.78 is 0. The van der Waals surface area contributed by atoms with Crippen LogP contribution >= 0.6 is 23.2 Å². The number of nitrogens with one attached hydrogen (secondary N) is 3. The molecule has 1 aromatic carbocycles. The molecule has 0 aliphatic rings. The lowest BCUT2D eigenvalue weighted by Gasteiger charge is -2.24. The Morgan fingerprint density at radius 2 is 1.75 bits per heavy atom. The molecule has 0 saturated heterocycles. The van der Waals surface area contributed by atoms with Gasteiger partial charge in [-0.15, -0.1) is 0 Å². The maximum atomic E-state index is 12.7. The van der Waals surface area contributed by atoms with Crippen molar-refractivity contribution in [3.8, 4) is 6.07 Å². The number of amides is 3. The summed E-state index contributed by atoms with van der Waals surface area (Å²) in [5.74, 6) is -2.42. The fourth-order valence-electron chi connectivity index (χ4n) is 2.49. The van der Waals surface area contributed by atoms with Crippen LogP contribution in [-0.2, 0) is 14.4 Å². The Hall–Kier alpha value is -2.34. The quantitative estimate of drug-likeness (QED) is 0.437. The Kier molecular flexibility index (Phi) is 9.73. The number of rotatable bonds is 9. The molecule has 0 saturated carbocycles. The van der Waals surface area contributed by atoms with E-state index in [9.17, 15) is 19.5 Å². The number of hydrogen-bond donors (Lipinski definition) is 4. The molecule has 0 heterocycles. The van der Waals surface area contributed by atoms with E-state index in [-0.39, 0.29) is 13.1 Å². The van der Waals surface area contributed by atoms with Gasteiger partial charge in [0.1, 0.15) is 12.6 Å². The van der Waals surface area contributed by atoms with Crippen molar-refractivity contribution < 1.29 is 19.5 Å². The van der Waals surface area contributed by atoms with E-state index >= 15 is 0 Å². The van der Waals surface area contributed by atoms with Crippen molar-refractivity contribution in [2.24, 2.45) is 0 Å². The molecule has 28 heavy (non-hydrogen) atoms. The van der Waals surface area contributed by atoms with Crippen LogP contribution < -0.4 is 16.0 Å². The summed E-state index contributed by atoms with van der Waals surface area (Å²) in [7, 11) is 0. The van der Waals surface area contributed by atoms with Crippen LogP contribution in [-0.4, -0.2) is 48.1 Å². The van der Waals surface area contributed by atoms with E-state index in [0.29, 0.717) is 22.0 Å². The van der Waals surface area contributed by atoms with Gasteiger partial charge in [0, 0.05) is 10.0 Å². The maximum absolute atomic E-state index is 12.7. The van der Waals surface area contributed by atoms with Crippen molar-refractivity contribution >= 4 is 40.9 Å². The van der Waals surface area contributed by atoms with Gasteiger partial charge in [0.05, 0.1) is 24.6 Å². The minimum atomic E-state index is -1.26. The van der Waals surface area contributed by atoms with E-state index in [1.807, 2.05) is 0 Å². The van der Waals surface area contributed by atoms with Crippen LogP contribution in [0.5, 0.6) is 0 Å². The molecule has 8 nitrogen and oxygen atoms in total. The van der Waals surface area contributed by atoms with Gasteiger partial charge in [0.25, 0.3) is 0 Å². The first-order valence-corrected chi connectivity index (χ1v) is 9.31. The fourth-order valence-corrected chi connectivity index (χ4v) is 3.03. The van der Waals surface area contributed by atoms with Crippen molar-refractivity contribution in [2.45, 2.75) is 38.3 Å². The normalized spacial score (nSPS) is 13.6. The number of nitriles is 1. The Bertz CT molecular complexity index is 744. The molecule has 0 aromatic heterocycles. The second-order valence-electron chi connectivity index (χ2n) is 6.04. The number of halogens is 2. The van der Waals surface area contributed by atoms with Crippen LogP contribution in [0, 0.1) is 11.3 Å². The summed E-state index contributed by atoms with van der Waals surface area (Å²) in [6, 6.07) is 5.23. The topological polar surface area (TPSA) is 131 Å². The molecule has 1 rings (SSSR count). The minimum Gasteiger partial charge on any atom is -0.391 e. The van der Waals surface area contributed by atoms with Gasteiger partial charge in [-0.25, -0.2) is 0 Å². The average Bonchev–Trinajstić information content (AvgIpc) is 2.62. The van der Waals surface area contributed by atoms with E-state index in [4.69, 9.17) is 28.5 Å². The second-order valence-corrected chi connectivity index (χ2v) is 6.92. The van der Waals surface area contributed by atoms with Gasteiger partial charge in [-0.1, -0.05) is 30.1 Å². The molecule has 10 heteroatoms. The number of nitrogens with zero attached hydrogens (tertiary/aromatic N) is 1. The molecule has 152 valence electrons. The molecule has 4 N–H and O–H groups in total. The molecule has 0 bridgehead atoms. The predicted molar refractivity (Wildman–Crippen MR) is 105 cm³/mol. The third kappa shape index (κ3) is 7.35. The van der Waals surface area contributed by atoms with Gasteiger partial charge < -0.3 is 21.1 Å². The standard InChI is InChI=1S/C18H22Cl2N4O4/c1-3-14(11-6-12(19)8-13(20)7-11)17(27)24-16(10(2)25)18(28)23-9-15(26)22-5-4-21/h6-8,10,14,16,25H,3,5,9H2,1-2H3,(H,22,26)(H,23,28)(H,24,27)/t10-,14+,16+/m1/s1. The predicted octanol–water partition coefficient (Wildman–Crippen LogP) is 1.11. The highest BCUT2D eigenvalue weighted by atomic mass is 35.5. The molecule has 3 amide bonds. The Balaban J connectivity index is 2.83. The summed E-state index contributed by atoms with van der Waals surface area (Å²) in [5.41, 5.74) is 0.582. The largest absolute Gasteiger partial charge is 0.391 e. The highest BCUT2D eigenvalue weighted by Gasteiger charge is 2.29. The van der Waals surface area contributed by atoms with Gasteiger partial charge in [0.2, 0.25) is 17.7 Å². The minimum absolute atomic E-state index is 0.189. The summed E-state index contributed by atoms with van der Waals surface area (Å²) >= 11 is 12.0. The molecule has 0 fully saturated rings. The summed E-state index contributed by atoms with van der Waals surface area (Å²) in [6.45, 7) is 2.56. The van der Waals surface area contributed by atoms with E-state index in [1.165, 1.54) is 6.92 Å². The molecule has 0 aliphatic heterocycles. The van der Waals surface area contributed by atoms with Crippen molar-refractivity contribution in [3.63, 3.8) is 0 Å². The summed E-state index contributed by atoms with van der Waals surface area (Å²) in [5, 5.41) is 26.1. The Morgan fingerprint density at radius 3 is 2.25 bits per heavy atom. The second kappa shape index (κ2) is 11.5. The number of carbonyl (C=O) groups excluding carboxylic acids is 3. The maximum Gasteiger partial charge on any atom is 0.245 e. The molecule has 0 aliphatic carbocycles. The lowest BCUT2D eigenvalue weighted by molar-refractivity contribution is -0.133. The number of benzene rings is 1. The Labute approximate surface area is 173 Å². The smallest absolute Gasteiger partial charge is 0.245 e. The SMILES string of the molecule is CC[C@H](C(=O)N[C@H](C(=O)NCC(=O)NCC#N)[C@@H](C)O)c1cc(Cl)cc(Cl)c1. The number of carbonyl (C=O) groups is 3. The zero-order valence-electron chi connectivity index (χ0n) is 15.5. The monoisotopic (exact) mass is 428 g/mol. The van der Waals surface area contributed by atoms with Gasteiger partial charge in [-0.3, -0.25) is 14.4 Å². The molecule has 0 unspecified atom stereocenters. The average molecular weight is 429 g/mol. The number of hydrogen-bond acceptors (Lipinski definition) is 5. The molecule has 0 radical (unpaired) electrons. The zero-order valence-corrected chi connectivity index (χ0v) is 17.0. The molecule has 3 atom stereocenters. The van der Waals surface area contributed by atoms with Crippen LogP contribution in [0.1, 0.15) is 31.7 Å². The summed E-state index contributed by atoms with van der Waals surface area (Å²) in [4.78, 5) is 36.4. The van der Waals surface area contributed by atoms with E-state index in [0.717, 1.165) is 0 Å². The fraction of sp³-hybridized carbons (Fsp3) is 0.444. The van der Waals surface area contributed by atoms with Crippen LogP contribution in [0.25, 0.3) is 0 Å². The lowest BCUT2D eigenvalue weighted by Crippen LogP contribution is -2.54. The summed E-state index contributed by atoms with van der Waals surface area (Å²) in [6.07, 6.45) is -0.792. The van der Waals surface area contributed by atoms with Crippen molar-refractivity contribution in [3.05, 3.63) is 33.8 Å². The van der Waals surface area contributed by atoms with Crippen LogP contribution in [0.15, 0.2) is 18.2 Å². The first-order valence-electron chi connectivity index (χ1n) is 8.55. The first-order chi connectivity index (χ1) is 13.2. The van der Waals surface area contributed by atoms with Crippen molar-refractivity contribution in [1.29, 1.82) is 5.26 Å². The van der Waals surface area contributed by atoms with Crippen LogP contribution in [0.4, 0.5) is 0 Å². The molecular formula is C18H22Cl2N4O4. The van der Waals surface area contributed by atoms with E-state index in [2.05, 4.69) is 16.0 Å². The highest BCUT2D eigenvalue weighted by molar-refractivity contribution is 6.34. The van der Waals surface area contributed by atoms with Crippen LogP contribution in [0.3, 0.4) is 0 Å². The van der Waals surface area contributed by atoms with E-state index < -0.39 is 35.8 Å². The molecular weight excluding hydrogens is 407 g/mol. The molecule has 0 spiro atoms. The Morgan fingerprint density at radius 1 is 1.14 bits per heavy atom. The van der Waals surface area contributed by atoms with Crippen molar-refractivity contribution in [2.75, 3.05) is 13.1 Å². The number of aliphatic hydroxyl groups excluding tert-OH is 1.